The predicted octanol–water partition coefficient (Wildman–Crippen LogP) is 5.39. The Morgan fingerprint density at radius 2 is 1.76 bits per heavy atom. The molecule has 2 amide bonds. The van der Waals surface area contributed by atoms with Gasteiger partial charge in [-0.3, -0.25) is 9.59 Å². The van der Waals surface area contributed by atoms with Crippen molar-refractivity contribution in [1.29, 1.82) is 0 Å². The monoisotopic (exact) mass is 471 g/mol. The van der Waals surface area contributed by atoms with Crippen LogP contribution in [0.1, 0.15) is 18.9 Å². The first-order valence-electron chi connectivity index (χ1n) is 10.8. The molecule has 2 aromatic carbocycles. The van der Waals surface area contributed by atoms with Gasteiger partial charge in [0.05, 0.1) is 17.1 Å². The van der Waals surface area contributed by atoms with E-state index >= 15 is 0 Å². The Hall–Kier alpha value is -3.91. The van der Waals surface area contributed by atoms with Gasteiger partial charge in [0.1, 0.15) is 5.82 Å². The third-order valence-corrected chi connectivity index (χ3v) is 5.75. The Morgan fingerprint density at radius 3 is 2.53 bits per heavy atom. The van der Waals surface area contributed by atoms with Crippen LogP contribution in [-0.4, -0.2) is 33.0 Å². The minimum Gasteiger partial charge on any atom is -0.332 e. The molecule has 34 heavy (non-hydrogen) atoms. The number of carbonyl (C=O) groups excluding carboxylic acids is 2. The van der Waals surface area contributed by atoms with E-state index in [9.17, 15) is 9.59 Å². The number of pyridine rings is 1. The number of benzene rings is 2. The normalized spacial score (nSPS) is 10.6. The first-order chi connectivity index (χ1) is 16.5. The quantitative estimate of drug-likeness (QED) is 0.299. The van der Waals surface area contributed by atoms with Gasteiger partial charge < -0.3 is 15.6 Å². The van der Waals surface area contributed by atoms with Crippen molar-refractivity contribution in [2.75, 3.05) is 16.9 Å². The number of H-pyrrole nitrogens is 1. The van der Waals surface area contributed by atoms with E-state index in [2.05, 4.69) is 20.6 Å². The van der Waals surface area contributed by atoms with Crippen LogP contribution in [0.5, 0.6) is 0 Å². The molecule has 0 atom stereocenters. The average Bonchev–Trinajstić information content (AvgIpc) is 3.28. The summed E-state index contributed by atoms with van der Waals surface area (Å²) in [6.07, 6.45) is 4.63. The van der Waals surface area contributed by atoms with Crippen LogP contribution >= 0.6 is 11.8 Å². The summed E-state index contributed by atoms with van der Waals surface area (Å²) in [7, 11) is 0. The number of imidazole rings is 1. The van der Waals surface area contributed by atoms with Crippen LogP contribution in [0.25, 0.3) is 22.5 Å². The molecular formula is C26H25N5O2S. The third-order valence-electron chi connectivity index (χ3n) is 5.17. The van der Waals surface area contributed by atoms with E-state index in [0.29, 0.717) is 30.0 Å². The summed E-state index contributed by atoms with van der Waals surface area (Å²) in [5, 5.41) is 6.51. The Balaban J connectivity index is 1.63. The van der Waals surface area contributed by atoms with Crippen molar-refractivity contribution in [1.82, 2.24) is 15.0 Å². The number of amides is 2. The zero-order valence-electron chi connectivity index (χ0n) is 19.0. The Bertz CT molecular complexity index is 1300. The highest BCUT2D eigenvalue weighted by molar-refractivity contribution is 7.98. The molecule has 3 N–H and O–H groups in total. The second-order valence-electron chi connectivity index (χ2n) is 7.66. The lowest BCUT2D eigenvalue weighted by molar-refractivity contribution is -0.116. The molecular weight excluding hydrogens is 446 g/mol. The van der Waals surface area contributed by atoms with Gasteiger partial charge in [-0.2, -0.15) is 0 Å². The fourth-order valence-corrected chi connectivity index (χ4v) is 3.99. The maximum absolute atomic E-state index is 12.7. The van der Waals surface area contributed by atoms with Gasteiger partial charge in [-0.25, -0.2) is 9.97 Å². The maximum atomic E-state index is 12.7. The van der Waals surface area contributed by atoms with Crippen molar-refractivity contribution < 1.29 is 9.59 Å². The minimum absolute atomic E-state index is 0.0599. The van der Waals surface area contributed by atoms with E-state index in [1.54, 1.807) is 12.3 Å². The topological polar surface area (TPSA) is 99.8 Å². The first-order valence-corrected chi connectivity index (χ1v) is 12.1. The van der Waals surface area contributed by atoms with Crippen LogP contribution < -0.4 is 10.6 Å². The van der Waals surface area contributed by atoms with Gasteiger partial charge in [-0.15, -0.1) is 0 Å². The van der Waals surface area contributed by atoms with Gasteiger partial charge in [0, 0.05) is 30.7 Å². The zero-order chi connectivity index (χ0) is 23.9. The Morgan fingerprint density at radius 1 is 1.00 bits per heavy atom. The van der Waals surface area contributed by atoms with Gasteiger partial charge in [0.2, 0.25) is 11.8 Å². The van der Waals surface area contributed by atoms with Gasteiger partial charge >= 0.3 is 0 Å². The number of para-hydroxylation sites is 1. The Kier molecular flexibility index (Phi) is 7.39. The van der Waals surface area contributed by atoms with Gasteiger partial charge in [0.25, 0.3) is 0 Å². The molecule has 0 fully saturated rings. The number of nitrogens with zero attached hydrogens (tertiary/aromatic N) is 2. The van der Waals surface area contributed by atoms with Gasteiger partial charge in [-0.1, -0.05) is 60.3 Å². The molecule has 0 saturated heterocycles. The maximum Gasteiger partial charge on any atom is 0.224 e. The number of hydrogen-bond donors (Lipinski definition) is 3. The predicted molar refractivity (Wildman–Crippen MR) is 137 cm³/mol. The molecule has 4 aromatic rings. The number of carbonyl (C=O) groups is 2. The number of aromatic amines is 1. The number of hydrogen-bond acceptors (Lipinski definition) is 5. The molecule has 2 aromatic heterocycles. The summed E-state index contributed by atoms with van der Waals surface area (Å²) in [4.78, 5) is 36.6. The lowest BCUT2D eigenvalue weighted by atomic mass is 10.0. The van der Waals surface area contributed by atoms with Crippen LogP contribution in [0.4, 0.5) is 11.5 Å². The van der Waals surface area contributed by atoms with E-state index in [4.69, 9.17) is 4.98 Å². The van der Waals surface area contributed by atoms with Gasteiger partial charge in [-0.05, 0) is 36.4 Å². The lowest BCUT2D eigenvalue weighted by Gasteiger charge is -2.12. The van der Waals surface area contributed by atoms with Crippen molar-refractivity contribution in [3.8, 4) is 22.5 Å². The zero-order valence-corrected chi connectivity index (χ0v) is 19.8. The molecule has 0 aliphatic rings. The summed E-state index contributed by atoms with van der Waals surface area (Å²) >= 11 is 1.49. The number of rotatable bonds is 8. The van der Waals surface area contributed by atoms with Crippen LogP contribution in [0.15, 0.2) is 78.1 Å². The first kappa shape index (κ1) is 23.3. The molecule has 0 aliphatic carbocycles. The highest BCUT2D eigenvalue weighted by atomic mass is 32.2. The minimum atomic E-state index is -0.192. The molecule has 0 saturated carbocycles. The van der Waals surface area contributed by atoms with Crippen molar-refractivity contribution in [3.05, 3.63) is 78.5 Å². The van der Waals surface area contributed by atoms with Crippen molar-refractivity contribution in [2.24, 2.45) is 0 Å². The van der Waals surface area contributed by atoms with E-state index in [-0.39, 0.29) is 11.8 Å². The van der Waals surface area contributed by atoms with Crippen LogP contribution in [-0.2, 0) is 16.0 Å². The van der Waals surface area contributed by atoms with Crippen molar-refractivity contribution in [3.63, 3.8) is 0 Å². The summed E-state index contributed by atoms with van der Waals surface area (Å²) < 4.78 is 0. The molecule has 0 radical (unpaired) electrons. The second kappa shape index (κ2) is 10.8. The Labute approximate surface area is 202 Å². The summed E-state index contributed by atoms with van der Waals surface area (Å²) in [6.45, 7) is 1.44. The summed E-state index contributed by atoms with van der Waals surface area (Å²) in [6, 6.07) is 21.2. The number of anilines is 2. The molecule has 0 spiro atoms. The highest BCUT2D eigenvalue weighted by Crippen LogP contribution is 2.36. The van der Waals surface area contributed by atoms with Crippen LogP contribution in [0, 0.1) is 0 Å². The van der Waals surface area contributed by atoms with Crippen molar-refractivity contribution >= 4 is 35.1 Å². The highest BCUT2D eigenvalue weighted by Gasteiger charge is 2.18. The van der Waals surface area contributed by atoms with Crippen LogP contribution in [0.3, 0.4) is 0 Å². The smallest absolute Gasteiger partial charge is 0.224 e. The lowest BCUT2D eigenvalue weighted by Crippen LogP contribution is -2.13. The van der Waals surface area contributed by atoms with Crippen LogP contribution in [0.2, 0.25) is 0 Å². The molecule has 0 aliphatic heterocycles. The molecule has 0 bridgehead atoms. The third kappa shape index (κ3) is 5.71. The van der Waals surface area contributed by atoms with Gasteiger partial charge in [0.15, 0.2) is 5.16 Å². The molecule has 172 valence electrons. The molecule has 4 rings (SSSR count). The molecule has 8 heteroatoms. The van der Waals surface area contributed by atoms with E-state index < -0.39 is 0 Å². The van der Waals surface area contributed by atoms with E-state index in [1.807, 2.05) is 66.9 Å². The number of nitrogens with one attached hydrogen (secondary N) is 3. The molecule has 7 nitrogen and oxygen atoms in total. The second-order valence-corrected chi connectivity index (χ2v) is 8.45. The summed E-state index contributed by atoms with van der Waals surface area (Å²) in [5.41, 5.74) is 4.94. The number of aromatic nitrogens is 3. The standard InChI is InChI=1S/C26H25N5O2S/c1-17(32)28-22-16-19(14-15-27-22)24-25(31-26(30-24)34-2)20-10-6-7-11-21(20)29-23(33)13-12-18-8-4-3-5-9-18/h3-11,14-16H,12-13H2,1-2H3,(H,29,33)(H,30,31)(H,27,28,32). The largest absolute Gasteiger partial charge is 0.332 e. The number of thioether (sulfide) groups is 1. The number of aryl methyl sites for hydroxylation is 1. The van der Waals surface area contributed by atoms with Crippen molar-refractivity contribution in [2.45, 2.75) is 24.9 Å². The van der Waals surface area contributed by atoms with E-state index in [0.717, 1.165) is 27.5 Å². The fraction of sp³-hybridized carbons (Fsp3) is 0.154. The van der Waals surface area contributed by atoms with E-state index in [1.165, 1.54) is 18.7 Å². The fourth-order valence-electron chi connectivity index (χ4n) is 3.60. The SMILES string of the molecule is CSc1nc(-c2ccccc2NC(=O)CCc2ccccc2)c(-c2ccnc(NC(C)=O)c2)[nH]1. The molecule has 2 heterocycles. The average molecular weight is 472 g/mol. The molecule has 0 unspecified atom stereocenters. The summed E-state index contributed by atoms with van der Waals surface area (Å²) in [5.74, 6) is 0.205.